The first-order chi connectivity index (χ1) is 7.65. The van der Waals surface area contributed by atoms with Crippen LogP contribution in [0.3, 0.4) is 0 Å². The van der Waals surface area contributed by atoms with Crippen LogP contribution in [0.5, 0.6) is 0 Å². The van der Waals surface area contributed by atoms with Gasteiger partial charge in [-0.05, 0) is 35.7 Å². The molecule has 4 heteroatoms. The number of nitrogens with one attached hydrogen (secondary N) is 1. The van der Waals surface area contributed by atoms with Gasteiger partial charge in [0.1, 0.15) is 5.82 Å². The van der Waals surface area contributed by atoms with E-state index in [9.17, 15) is 0 Å². The van der Waals surface area contributed by atoms with Crippen LogP contribution >= 0.6 is 15.9 Å². The van der Waals surface area contributed by atoms with Crippen LogP contribution < -0.4 is 5.32 Å². The minimum Gasteiger partial charge on any atom is -0.369 e. The molecule has 90 valence electrons. The van der Waals surface area contributed by atoms with Crippen LogP contribution in [-0.4, -0.2) is 16.3 Å². The summed E-state index contributed by atoms with van der Waals surface area (Å²) in [4.78, 5) is 0. The lowest BCUT2D eigenvalue weighted by molar-refractivity contribution is 0.445. The van der Waals surface area contributed by atoms with Crippen molar-refractivity contribution in [1.29, 1.82) is 0 Å². The van der Waals surface area contributed by atoms with Crippen molar-refractivity contribution in [3.05, 3.63) is 10.2 Å². The van der Waals surface area contributed by atoms with E-state index in [4.69, 9.17) is 5.10 Å². The SMILES string of the molecule is CCCC(C)c1nn2c(c1Br)NCCC2C. The molecule has 2 rings (SSSR count). The fourth-order valence-corrected chi connectivity index (χ4v) is 3.11. The Morgan fingerprint density at radius 2 is 2.38 bits per heavy atom. The van der Waals surface area contributed by atoms with Crippen molar-refractivity contribution in [2.24, 2.45) is 0 Å². The molecular weight excluding hydrogens is 266 g/mol. The van der Waals surface area contributed by atoms with Gasteiger partial charge in [0.05, 0.1) is 16.2 Å². The number of hydrogen-bond donors (Lipinski definition) is 1. The Morgan fingerprint density at radius 1 is 1.62 bits per heavy atom. The minimum atomic E-state index is 0.509. The predicted molar refractivity (Wildman–Crippen MR) is 71.1 cm³/mol. The van der Waals surface area contributed by atoms with Gasteiger partial charge in [0.25, 0.3) is 0 Å². The predicted octanol–water partition coefficient (Wildman–Crippen LogP) is 3.93. The maximum atomic E-state index is 4.76. The zero-order valence-corrected chi connectivity index (χ0v) is 11.8. The van der Waals surface area contributed by atoms with Crippen molar-refractivity contribution in [2.75, 3.05) is 11.9 Å². The lowest BCUT2D eigenvalue weighted by atomic mass is 10.0. The molecular formula is C12H20BrN3. The summed E-state index contributed by atoms with van der Waals surface area (Å²) in [6, 6.07) is 0.509. The molecule has 0 aliphatic carbocycles. The monoisotopic (exact) mass is 285 g/mol. The van der Waals surface area contributed by atoms with E-state index >= 15 is 0 Å². The summed E-state index contributed by atoms with van der Waals surface area (Å²) in [6.45, 7) is 7.76. The van der Waals surface area contributed by atoms with Crippen molar-refractivity contribution in [2.45, 2.75) is 52.0 Å². The molecule has 3 nitrogen and oxygen atoms in total. The third-order valence-corrected chi connectivity index (χ3v) is 4.12. The fraction of sp³-hybridized carbons (Fsp3) is 0.750. The van der Waals surface area contributed by atoms with Crippen LogP contribution in [0.25, 0.3) is 0 Å². The van der Waals surface area contributed by atoms with Crippen molar-refractivity contribution >= 4 is 21.7 Å². The largest absolute Gasteiger partial charge is 0.369 e. The van der Waals surface area contributed by atoms with Crippen LogP contribution in [0.1, 0.15) is 57.7 Å². The molecule has 16 heavy (non-hydrogen) atoms. The number of nitrogens with zero attached hydrogens (tertiary/aromatic N) is 2. The minimum absolute atomic E-state index is 0.509. The first-order valence-corrected chi connectivity index (χ1v) is 6.96. The average Bonchev–Trinajstić information content (AvgIpc) is 2.59. The number of halogens is 1. The normalized spacial score (nSPS) is 21.4. The first kappa shape index (κ1) is 12.0. The van der Waals surface area contributed by atoms with Crippen molar-refractivity contribution in [3.63, 3.8) is 0 Å². The van der Waals surface area contributed by atoms with Crippen LogP contribution in [0.2, 0.25) is 0 Å². The molecule has 0 spiro atoms. The second kappa shape index (κ2) is 4.78. The molecule has 1 aromatic heterocycles. The Balaban J connectivity index is 2.34. The smallest absolute Gasteiger partial charge is 0.139 e. The highest BCUT2D eigenvalue weighted by atomic mass is 79.9. The quantitative estimate of drug-likeness (QED) is 0.912. The van der Waals surface area contributed by atoms with Gasteiger partial charge < -0.3 is 5.32 Å². The molecule has 0 saturated heterocycles. The Hall–Kier alpha value is -0.510. The van der Waals surface area contributed by atoms with E-state index in [1.807, 2.05) is 0 Å². The van der Waals surface area contributed by atoms with E-state index in [1.54, 1.807) is 0 Å². The Kier molecular flexibility index (Phi) is 3.57. The van der Waals surface area contributed by atoms with Crippen molar-refractivity contribution in [3.8, 4) is 0 Å². The molecule has 2 heterocycles. The maximum Gasteiger partial charge on any atom is 0.139 e. The molecule has 0 saturated carbocycles. The molecule has 0 aromatic carbocycles. The molecule has 0 radical (unpaired) electrons. The molecule has 1 aliphatic heterocycles. The lowest BCUT2D eigenvalue weighted by Gasteiger charge is -2.22. The average molecular weight is 286 g/mol. The van der Waals surface area contributed by atoms with Gasteiger partial charge in [-0.1, -0.05) is 20.3 Å². The molecule has 2 atom stereocenters. The zero-order valence-electron chi connectivity index (χ0n) is 10.3. The van der Waals surface area contributed by atoms with E-state index in [0.29, 0.717) is 12.0 Å². The number of hydrogen-bond acceptors (Lipinski definition) is 2. The summed E-state index contributed by atoms with van der Waals surface area (Å²) in [5.41, 5.74) is 1.21. The summed E-state index contributed by atoms with van der Waals surface area (Å²) in [5.74, 6) is 1.70. The van der Waals surface area contributed by atoms with E-state index in [2.05, 4.69) is 46.7 Å². The Morgan fingerprint density at radius 3 is 3.00 bits per heavy atom. The second-order valence-electron chi connectivity index (χ2n) is 4.75. The fourth-order valence-electron chi connectivity index (χ4n) is 2.32. The zero-order chi connectivity index (χ0) is 11.7. The Bertz CT molecular complexity index is 373. The van der Waals surface area contributed by atoms with E-state index < -0.39 is 0 Å². The topological polar surface area (TPSA) is 29.9 Å². The van der Waals surface area contributed by atoms with Crippen LogP contribution in [0, 0.1) is 0 Å². The summed E-state index contributed by atoms with van der Waals surface area (Å²) in [5, 5.41) is 8.19. The summed E-state index contributed by atoms with van der Waals surface area (Å²) < 4.78 is 3.30. The number of rotatable bonds is 3. The van der Waals surface area contributed by atoms with E-state index in [-0.39, 0.29) is 0 Å². The third kappa shape index (κ3) is 1.99. The van der Waals surface area contributed by atoms with Gasteiger partial charge in [0.2, 0.25) is 0 Å². The van der Waals surface area contributed by atoms with Gasteiger partial charge in [-0.2, -0.15) is 5.10 Å². The number of anilines is 1. The van der Waals surface area contributed by atoms with Crippen LogP contribution in [-0.2, 0) is 0 Å². The van der Waals surface area contributed by atoms with Crippen molar-refractivity contribution in [1.82, 2.24) is 9.78 Å². The number of fused-ring (bicyclic) bond motifs is 1. The molecule has 2 unspecified atom stereocenters. The molecule has 1 N–H and O–H groups in total. The standard InChI is InChI=1S/C12H20BrN3/c1-4-5-8(2)11-10(13)12-14-7-6-9(3)16(12)15-11/h8-9,14H,4-7H2,1-3H3. The maximum absolute atomic E-state index is 4.76. The summed E-state index contributed by atoms with van der Waals surface area (Å²) in [7, 11) is 0. The molecule has 1 aromatic rings. The highest BCUT2D eigenvalue weighted by Crippen LogP contribution is 2.37. The van der Waals surface area contributed by atoms with Gasteiger partial charge in [0.15, 0.2) is 0 Å². The van der Waals surface area contributed by atoms with Crippen molar-refractivity contribution < 1.29 is 0 Å². The van der Waals surface area contributed by atoms with E-state index in [0.717, 1.165) is 18.8 Å². The highest BCUT2D eigenvalue weighted by molar-refractivity contribution is 9.10. The summed E-state index contributed by atoms with van der Waals surface area (Å²) in [6.07, 6.45) is 3.56. The molecule has 0 amide bonds. The summed E-state index contributed by atoms with van der Waals surface area (Å²) >= 11 is 3.69. The highest BCUT2D eigenvalue weighted by Gasteiger charge is 2.24. The third-order valence-electron chi connectivity index (χ3n) is 3.34. The Labute approximate surface area is 106 Å². The second-order valence-corrected chi connectivity index (χ2v) is 5.54. The van der Waals surface area contributed by atoms with Gasteiger partial charge in [-0.3, -0.25) is 0 Å². The van der Waals surface area contributed by atoms with Gasteiger partial charge in [-0.25, -0.2) is 4.68 Å². The van der Waals surface area contributed by atoms with Crippen LogP contribution in [0.4, 0.5) is 5.82 Å². The van der Waals surface area contributed by atoms with Crippen LogP contribution in [0.15, 0.2) is 4.47 Å². The van der Waals surface area contributed by atoms with Gasteiger partial charge in [-0.15, -0.1) is 0 Å². The first-order valence-electron chi connectivity index (χ1n) is 6.16. The van der Waals surface area contributed by atoms with Gasteiger partial charge >= 0.3 is 0 Å². The number of aromatic nitrogens is 2. The van der Waals surface area contributed by atoms with Gasteiger partial charge in [0, 0.05) is 12.5 Å². The van der Waals surface area contributed by atoms with E-state index in [1.165, 1.54) is 23.0 Å². The molecule has 1 aliphatic rings. The lowest BCUT2D eigenvalue weighted by Crippen LogP contribution is -2.21. The molecule has 0 fully saturated rings. The molecule has 0 bridgehead atoms.